The SMILES string of the molecule is CCCC=O.CCCCCCCCCC. The molecule has 0 radical (unpaired) electrons. The summed E-state index contributed by atoms with van der Waals surface area (Å²) < 4.78 is 0. The Morgan fingerprint density at radius 1 is 0.667 bits per heavy atom. The number of carbonyl (C=O) groups is 1. The van der Waals surface area contributed by atoms with Crippen molar-refractivity contribution in [3.8, 4) is 0 Å². The first-order valence-corrected chi connectivity index (χ1v) is 6.77. The van der Waals surface area contributed by atoms with Crippen LogP contribution < -0.4 is 0 Å². The minimum atomic E-state index is 0.708. The lowest BCUT2D eigenvalue weighted by molar-refractivity contribution is -0.107. The van der Waals surface area contributed by atoms with E-state index in [0.717, 1.165) is 12.7 Å². The first-order valence-electron chi connectivity index (χ1n) is 6.77. The van der Waals surface area contributed by atoms with E-state index in [1.54, 1.807) is 0 Å². The van der Waals surface area contributed by atoms with Gasteiger partial charge in [-0.05, 0) is 6.42 Å². The Hall–Kier alpha value is -0.330. The van der Waals surface area contributed by atoms with E-state index >= 15 is 0 Å². The van der Waals surface area contributed by atoms with Crippen molar-refractivity contribution in [3.05, 3.63) is 0 Å². The van der Waals surface area contributed by atoms with Crippen molar-refractivity contribution in [1.29, 1.82) is 0 Å². The van der Waals surface area contributed by atoms with Gasteiger partial charge in [0.05, 0.1) is 0 Å². The molecule has 0 aliphatic carbocycles. The smallest absolute Gasteiger partial charge is 0.119 e. The summed E-state index contributed by atoms with van der Waals surface area (Å²) >= 11 is 0. The van der Waals surface area contributed by atoms with Gasteiger partial charge in [-0.3, -0.25) is 0 Å². The number of hydrogen-bond donors (Lipinski definition) is 0. The van der Waals surface area contributed by atoms with E-state index in [4.69, 9.17) is 0 Å². The molecule has 0 aromatic heterocycles. The Balaban J connectivity index is 0. The highest BCUT2D eigenvalue weighted by Crippen LogP contribution is 2.07. The largest absolute Gasteiger partial charge is 0.303 e. The second-order valence-electron chi connectivity index (χ2n) is 4.08. The Kier molecular flexibility index (Phi) is 21.9. The summed E-state index contributed by atoms with van der Waals surface area (Å²) in [6.45, 7) is 6.52. The van der Waals surface area contributed by atoms with Gasteiger partial charge in [-0.25, -0.2) is 0 Å². The summed E-state index contributed by atoms with van der Waals surface area (Å²) in [6.07, 6.45) is 14.1. The van der Waals surface area contributed by atoms with Crippen LogP contribution in [-0.2, 0) is 4.79 Å². The van der Waals surface area contributed by atoms with Gasteiger partial charge in [-0.2, -0.15) is 0 Å². The third-order valence-electron chi connectivity index (χ3n) is 2.36. The molecule has 0 aromatic rings. The zero-order chi connectivity index (χ0) is 11.8. The fourth-order valence-electron chi connectivity index (χ4n) is 1.32. The van der Waals surface area contributed by atoms with E-state index in [1.165, 1.54) is 51.4 Å². The molecule has 0 amide bonds. The molecule has 15 heavy (non-hydrogen) atoms. The maximum atomic E-state index is 9.40. The summed E-state index contributed by atoms with van der Waals surface area (Å²) in [6, 6.07) is 0. The van der Waals surface area contributed by atoms with Crippen molar-refractivity contribution < 1.29 is 4.79 Å². The molecule has 0 fully saturated rings. The van der Waals surface area contributed by atoms with Gasteiger partial charge in [0.25, 0.3) is 0 Å². The average Bonchev–Trinajstić information content (AvgIpc) is 2.25. The molecule has 0 saturated carbocycles. The number of carbonyl (C=O) groups excluding carboxylic acids is 1. The normalized spacial score (nSPS) is 9.27. The maximum Gasteiger partial charge on any atom is 0.119 e. The van der Waals surface area contributed by atoms with Gasteiger partial charge in [0.2, 0.25) is 0 Å². The van der Waals surface area contributed by atoms with Crippen molar-refractivity contribution >= 4 is 6.29 Å². The fourth-order valence-corrected chi connectivity index (χ4v) is 1.32. The highest BCUT2D eigenvalue weighted by Gasteiger charge is 1.87. The summed E-state index contributed by atoms with van der Waals surface area (Å²) in [4.78, 5) is 9.40. The van der Waals surface area contributed by atoms with Crippen molar-refractivity contribution in [1.82, 2.24) is 0 Å². The first kappa shape index (κ1) is 17.1. The molecule has 0 bridgehead atoms. The molecule has 0 rings (SSSR count). The van der Waals surface area contributed by atoms with Crippen molar-refractivity contribution in [3.63, 3.8) is 0 Å². The quantitative estimate of drug-likeness (QED) is 0.384. The molecule has 0 saturated heterocycles. The van der Waals surface area contributed by atoms with Gasteiger partial charge in [-0.1, -0.05) is 72.1 Å². The molecule has 0 unspecified atom stereocenters. The Labute approximate surface area is 96.7 Å². The van der Waals surface area contributed by atoms with Crippen molar-refractivity contribution in [2.24, 2.45) is 0 Å². The second kappa shape index (κ2) is 19.3. The van der Waals surface area contributed by atoms with Gasteiger partial charge < -0.3 is 4.79 Å². The van der Waals surface area contributed by atoms with Crippen LogP contribution in [0.2, 0.25) is 0 Å². The van der Waals surface area contributed by atoms with Gasteiger partial charge in [0.15, 0.2) is 0 Å². The van der Waals surface area contributed by atoms with Crippen LogP contribution >= 0.6 is 0 Å². The highest BCUT2D eigenvalue weighted by molar-refractivity contribution is 5.48. The number of aldehydes is 1. The molecule has 0 aromatic carbocycles. The molecule has 0 atom stereocenters. The van der Waals surface area contributed by atoms with Crippen LogP contribution in [0.4, 0.5) is 0 Å². The highest BCUT2D eigenvalue weighted by atomic mass is 16.1. The predicted molar refractivity (Wildman–Crippen MR) is 69.3 cm³/mol. The summed E-state index contributed by atoms with van der Waals surface area (Å²) in [5.41, 5.74) is 0. The molecule has 0 heterocycles. The van der Waals surface area contributed by atoms with Crippen LogP contribution in [0.5, 0.6) is 0 Å². The zero-order valence-corrected chi connectivity index (χ0v) is 11.1. The number of hydrogen-bond acceptors (Lipinski definition) is 1. The van der Waals surface area contributed by atoms with Crippen LogP contribution in [0.3, 0.4) is 0 Å². The van der Waals surface area contributed by atoms with E-state index in [-0.39, 0.29) is 0 Å². The third kappa shape index (κ3) is 24.8. The molecule has 1 nitrogen and oxygen atoms in total. The van der Waals surface area contributed by atoms with Gasteiger partial charge in [-0.15, -0.1) is 0 Å². The van der Waals surface area contributed by atoms with Crippen LogP contribution in [0.25, 0.3) is 0 Å². The van der Waals surface area contributed by atoms with Crippen molar-refractivity contribution in [2.75, 3.05) is 0 Å². The lowest BCUT2D eigenvalue weighted by Gasteiger charge is -1.97. The average molecular weight is 214 g/mol. The minimum absolute atomic E-state index is 0.708. The first-order chi connectivity index (χ1) is 7.33. The topological polar surface area (TPSA) is 17.1 Å². The van der Waals surface area contributed by atoms with Gasteiger partial charge in [0, 0.05) is 6.42 Å². The standard InChI is InChI=1S/C10H22.C4H8O/c1-3-5-7-9-10-8-6-4-2;1-2-3-4-5/h3-10H2,1-2H3;4H,2-3H2,1H3. The summed E-state index contributed by atoms with van der Waals surface area (Å²) in [5.74, 6) is 0. The van der Waals surface area contributed by atoms with E-state index in [1.807, 2.05) is 6.92 Å². The fraction of sp³-hybridized carbons (Fsp3) is 0.929. The molecule has 0 aliphatic rings. The Morgan fingerprint density at radius 3 is 1.27 bits per heavy atom. The van der Waals surface area contributed by atoms with E-state index < -0.39 is 0 Å². The van der Waals surface area contributed by atoms with Crippen LogP contribution in [0.15, 0.2) is 0 Å². The molecule has 0 aliphatic heterocycles. The monoisotopic (exact) mass is 214 g/mol. The maximum absolute atomic E-state index is 9.40. The van der Waals surface area contributed by atoms with Crippen LogP contribution in [0, 0.1) is 0 Å². The van der Waals surface area contributed by atoms with Crippen LogP contribution in [0.1, 0.15) is 85.0 Å². The van der Waals surface area contributed by atoms with Gasteiger partial charge >= 0.3 is 0 Å². The lowest BCUT2D eigenvalue weighted by atomic mass is 10.1. The van der Waals surface area contributed by atoms with E-state index in [2.05, 4.69) is 13.8 Å². The molecule has 0 spiro atoms. The van der Waals surface area contributed by atoms with Crippen molar-refractivity contribution in [2.45, 2.75) is 85.0 Å². The second-order valence-corrected chi connectivity index (χ2v) is 4.08. The van der Waals surface area contributed by atoms with Gasteiger partial charge in [0.1, 0.15) is 6.29 Å². The van der Waals surface area contributed by atoms with E-state index in [9.17, 15) is 4.79 Å². The molecule has 0 N–H and O–H groups in total. The van der Waals surface area contributed by atoms with Crippen LogP contribution in [-0.4, -0.2) is 6.29 Å². The number of rotatable bonds is 9. The molecular formula is C14H30O. The molecular weight excluding hydrogens is 184 g/mol. The lowest BCUT2D eigenvalue weighted by Crippen LogP contribution is -1.77. The number of unbranched alkanes of at least 4 members (excludes halogenated alkanes) is 8. The van der Waals surface area contributed by atoms with E-state index in [0.29, 0.717) is 6.42 Å². The summed E-state index contributed by atoms with van der Waals surface area (Å²) in [7, 11) is 0. The summed E-state index contributed by atoms with van der Waals surface area (Å²) in [5, 5.41) is 0. The Bertz CT molecular complexity index is 91.5. The predicted octanol–water partition coefficient (Wildman–Crippen LogP) is 5.13. The molecule has 92 valence electrons. The Morgan fingerprint density at radius 2 is 1.07 bits per heavy atom. The minimum Gasteiger partial charge on any atom is -0.303 e. The zero-order valence-electron chi connectivity index (χ0n) is 11.1. The third-order valence-corrected chi connectivity index (χ3v) is 2.36. The molecule has 1 heteroatoms.